The minimum atomic E-state index is -3.67. The van der Waals surface area contributed by atoms with E-state index in [1.165, 1.54) is 38.4 Å². The Morgan fingerprint density at radius 2 is 1.80 bits per heavy atom. The molecule has 0 aliphatic carbocycles. The molecule has 30 heavy (non-hydrogen) atoms. The maximum atomic E-state index is 12.4. The van der Waals surface area contributed by atoms with Crippen molar-refractivity contribution >= 4 is 33.6 Å². The van der Waals surface area contributed by atoms with Gasteiger partial charge in [0.1, 0.15) is 0 Å². The van der Waals surface area contributed by atoms with Crippen molar-refractivity contribution in [1.29, 1.82) is 0 Å². The fourth-order valence-electron chi connectivity index (χ4n) is 2.42. The Morgan fingerprint density at radius 3 is 2.50 bits per heavy atom. The van der Waals surface area contributed by atoms with Crippen LogP contribution in [0.2, 0.25) is 0 Å². The van der Waals surface area contributed by atoms with Crippen LogP contribution in [0.1, 0.15) is 16.2 Å². The molecule has 11 heteroatoms. The van der Waals surface area contributed by atoms with Gasteiger partial charge in [0.15, 0.2) is 12.4 Å². The van der Waals surface area contributed by atoms with Crippen molar-refractivity contribution in [2.45, 2.75) is 11.5 Å². The van der Waals surface area contributed by atoms with E-state index in [2.05, 4.69) is 20.3 Å². The lowest BCUT2D eigenvalue weighted by Gasteiger charge is -2.12. The summed E-state index contributed by atoms with van der Waals surface area (Å²) in [5.41, 5.74) is 6.55. The Kier molecular flexibility index (Phi) is 6.23. The van der Waals surface area contributed by atoms with E-state index >= 15 is 0 Å². The van der Waals surface area contributed by atoms with E-state index in [0.717, 1.165) is 9.99 Å². The monoisotopic (exact) mass is 428 g/mol. The van der Waals surface area contributed by atoms with E-state index in [-0.39, 0.29) is 34.8 Å². The number of hydrogen-bond donors (Lipinski definition) is 2. The van der Waals surface area contributed by atoms with Gasteiger partial charge in [-0.2, -0.15) is 15.0 Å². The van der Waals surface area contributed by atoms with Gasteiger partial charge in [0.25, 0.3) is 0 Å². The highest BCUT2D eigenvalue weighted by Gasteiger charge is 2.19. The average molecular weight is 428 g/mol. The highest BCUT2D eigenvalue weighted by atomic mass is 32.2. The molecule has 0 fully saturated rings. The number of carbonyl (C=O) groups is 1. The number of nitrogens with one attached hydrogen (secondary N) is 1. The number of para-hydroxylation sites is 1. The largest absolute Gasteiger partial charge is 0.454 e. The van der Waals surface area contributed by atoms with Gasteiger partial charge in [-0.25, -0.2) is 17.5 Å². The van der Waals surface area contributed by atoms with Gasteiger partial charge in [-0.1, -0.05) is 24.3 Å². The van der Waals surface area contributed by atoms with Crippen LogP contribution in [0.15, 0.2) is 59.5 Å². The molecule has 3 aromatic rings. The molecule has 0 aliphatic heterocycles. The Bertz CT molecular complexity index is 1150. The van der Waals surface area contributed by atoms with Gasteiger partial charge in [-0.3, -0.25) is 0 Å². The van der Waals surface area contributed by atoms with Gasteiger partial charge in [0.2, 0.25) is 21.9 Å². The Balaban J connectivity index is 1.72. The SMILES string of the molecule is CN(C)S(=O)(=O)c1cccc(C(=O)OCc2nc(N)nc(Nc3ccccc3)n2)c1. The van der Waals surface area contributed by atoms with E-state index < -0.39 is 16.0 Å². The number of nitrogen functional groups attached to an aromatic ring is 1. The molecule has 0 bridgehead atoms. The van der Waals surface area contributed by atoms with E-state index in [4.69, 9.17) is 10.5 Å². The zero-order valence-corrected chi connectivity index (χ0v) is 17.1. The summed E-state index contributed by atoms with van der Waals surface area (Å²) in [4.78, 5) is 24.5. The molecule has 1 aromatic heterocycles. The summed E-state index contributed by atoms with van der Waals surface area (Å²) in [6.45, 7) is -0.264. The third kappa shape index (κ3) is 5.07. The molecule has 0 saturated heterocycles. The number of benzene rings is 2. The molecule has 156 valence electrons. The number of rotatable bonds is 7. The first-order valence-corrected chi connectivity index (χ1v) is 10.2. The van der Waals surface area contributed by atoms with Gasteiger partial charge in [-0.15, -0.1) is 0 Å². The van der Waals surface area contributed by atoms with Crippen molar-refractivity contribution < 1.29 is 17.9 Å². The highest BCUT2D eigenvalue weighted by Crippen LogP contribution is 2.16. The molecule has 0 spiro atoms. The van der Waals surface area contributed by atoms with Crippen molar-refractivity contribution in [3.05, 3.63) is 66.0 Å². The highest BCUT2D eigenvalue weighted by molar-refractivity contribution is 7.89. The number of carbonyl (C=O) groups excluding carboxylic acids is 1. The maximum Gasteiger partial charge on any atom is 0.338 e. The van der Waals surface area contributed by atoms with Crippen LogP contribution in [0.5, 0.6) is 0 Å². The van der Waals surface area contributed by atoms with Crippen molar-refractivity contribution in [2.24, 2.45) is 0 Å². The quantitative estimate of drug-likeness (QED) is 0.539. The van der Waals surface area contributed by atoms with Crippen molar-refractivity contribution in [2.75, 3.05) is 25.1 Å². The predicted octanol–water partition coefficient (Wildman–Crippen LogP) is 1.80. The number of nitrogens with two attached hydrogens (primary N) is 1. The van der Waals surface area contributed by atoms with Crippen molar-refractivity contribution in [3.63, 3.8) is 0 Å². The lowest BCUT2D eigenvalue weighted by Crippen LogP contribution is -2.22. The van der Waals surface area contributed by atoms with Crippen LogP contribution < -0.4 is 11.1 Å². The van der Waals surface area contributed by atoms with Gasteiger partial charge in [0.05, 0.1) is 10.5 Å². The summed E-state index contributed by atoms with van der Waals surface area (Å²) in [6.07, 6.45) is 0. The number of hydrogen-bond acceptors (Lipinski definition) is 9. The van der Waals surface area contributed by atoms with Gasteiger partial charge in [-0.05, 0) is 30.3 Å². The third-order valence-electron chi connectivity index (χ3n) is 3.91. The van der Waals surface area contributed by atoms with Gasteiger partial charge >= 0.3 is 5.97 Å². The number of sulfonamides is 1. The maximum absolute atomic E-state index is 12.4. The summed E-state index contributed by atoms with van der Waals surface area (Å²) in [7, 11) is -0.855. The Labute approximate surface area is 173 Å². The molecule has 0 atom stereocenters. The third-order valence-corrected chi connectivity index (χ3v) is 5.72. The fourth-order valence-corrected chi connectivity index (χ4v) is 3.36. The van der Waals surface area contributed by atoms with Gasteiger partial charge in [0, 0.05) is 19.8 Å². The number of nitrogens with zero attached hydrogens (tertiary/aromatic N) is 4. The first kappa shape index (κ1) is 21.1. The average Bonchev–Trinajstić information content (AvgIpc) is 2.72. The van der Waals surface area contributed by atoms with Crippen molar-refractivity contribution in [1.82, 2.24) is 19.3 Å². The number of aromatic nitrogens is 3. The second-order valence-electron chi connectivity index (χ2n) is 6.32. The predicted molar refractivity (Wildman–Crippen MR) is 110 cm³/mol. The van der Waals surface area contributed by atoms with E-state index in [1.54, 1.807) is 0 Å². The normalized spacial score (nSPS) is 11.3. The molecule has 0 aliphatic rings. The van der Waals surface area contributed by atoms with Crippen LogP contribution in [0.25, 0.3) is 0 Å². The summed E-state index contributed by atoms with van der Waals surface area (Å²) in [6, 6.07) is 14.8. The molecule has 1 heterocycles. The van der Waals surface area contributed by atoms with Crippen LogP contribution in [0.4, 0.5) is 17.6 Å². The second kappa shape index (κ2) is 8.84. The summed E-state index contributed by atoms with van der Waals surface area (Å²) < 4.78 is 30.8. The molecule has 3 rings (SSSR count). The van der Waals surface area contributed by atoms with E-state index in [0.29, 0.717) is 0 Å². The molecule has 0 radical (unpaired) electrons. The topological polar surface area (TPSA) is 140 Å². The number of anilines is 3. The number of esters is 1. The molecular weight excluding hydrogens is 408 g/mol. The molecule has 2 aromatic carbocycles. The van der Waals surface area contributed by atoms with E-state index in [9.17, 15) is 13.2 Å². The van der Waals surface area contributed by atoms with E-state index in [1.807, 2.05) is 30.3 Å². The lowest BCUT2D eigenvalue weighted by atomic mass is 10.2. The fraction of sp³-hybridized carbons (Fsp3) is 0.158. The molecule has 0 saturated carbocycles. The zero-order valence-electron chi connectivity index (χ0n) is 16.3. The van der Waals surface area contributed by atoms with Crippen LogP contribution in [0, 0.1) is 0 Å². The standard InChI is InChI=1S/C19H20N6O4S/c1-25(2)30(27,28)15-10-6-7-13(11-15)17(26)29-12-16-22-18(20)24-19(23-16)21-14-8-4-3-5-9-14/h3-11H,12H2,1-2H3,(H3,20,21,22,23,24). The summed E-state index contributed by atoms with van der Waals surface area (Å²) >= 11 is 0. The Hall–Kier alpha value is -3.57. The molecule has 0 unspecified atom stereocenters. The number of ether oxygens (including phenoxy) is 1. The zero-order chi connectivity index (χ0) is 21.7. The molecule has 3 N–H and O–H groups in total. The van der Waals surface area contributed by atoms with Gasteiger partial charge < -0.3 is 15.8 Å². The van der Waals surface area contributed by atoms with Crippen molar-refractivity contribution in [3.8, 4) is 0 Å². The summed E-state index contributed by atoms with van der Waals surface area (Å²) in [5.74, 6) is -0.402. The Morgan fingerprint density at radius 1 is 1.07 bits per heavy atom. The molecule has 0 amide bonds. The first-order chi connectivity index (χ1) is 14.3. The van der Waals surface area contributed by atoms with Crippen LogP contribution in [0.3, 0.4) is 0 Å². The van der Waals surface area contributed by atoms with Crippen LogP contribution in [-0.4, -0.2) is 47.7 Å². The molecular formula is C19H20N6O4S. The van der Waals surface area contributed by atoms with Crippen LogP contribution >= 0.6 is 0 Å². The first-order valence-electron chi connectivity index (χ1n) is 8.78. The minimum absolute atomic E-state index is 0.0132. The summed E-state index contributed by atoms with van der Waals surface area (Å²) in [5, 5.41) is 2.99. The minimum Gasteiger partial charge on any atom is -0.454 e. The lowest BCUT2D eigenvalue weighted by molar-refractivity contribution is 0.0462. The smallest absolute Gasteiger partial charge is 0.338 e. The van der Waals surface area contributed by atoms with Crippen LogP contribution in [-0.2, 0) is 21.4 Å². The second-order valence-corrected chi connectivity index (χ2v) is 8.47. The molecule has 10 nitrogen and oxygen atoms in total.